The van der Waals surface area contributed by atoms with Gasteiger partial charge >= 0.3 is 5.97 Å². The van der Waals surface area contributed by atoms with Gasteiger partial charge in [-0.1, -0.05) is 18.2 Å². The minimum absolute atomic E-state index is 0.0157. The van der Waals surface area contributed by atoms with E-state index in [4.69, 9.17) is 4.74 Å². The van der Waals surface area contributed by atoms with Crippen LogP contribution in [-0.2, 0) is 14.3 Å². The molecule has 17 heavy (non-hydrogen) atoms. The highest BCUT2D eigenvalue weighted by atomic mass is 16.5. The SMILES string of the molecule is C[C@H](OC(=O)C1CC1)C(=O)Nc1ccccc1. The zero-order chi connectivity index (χ0) is 12.3. The first kappa shape index (κ1) is 11.6. The summed E-state index contributed by atoms with van der Waals surface area (Å²) in [4.78, 5) is 23.1. The summed E-state index contributed by atoms with van der Waals surface area (Å²) in [6.45, 7) is 1.58. The third kappa shape index (κ3) is 3.31. The molecule has 0 heterocycles. The standard InChI is InChI=1S/C13H15NO3/c1-9(17-13(16)10-7-8-10)12(15)14-11-5-3-2-4-6-11/h2-6,9-10H,7-8H2,1H3,(H,14,15)/t9-/m0/s1. The number of para-hydroxylation sites is 1. The average Bonchev–Trinajstić information content (AvgIpc) is 3.14. The maximum absolute atomic E-state index is 11.7. The first-order chi connectivity index (χ1) is 8.16. The number of nitrogens with one attached hydrogen (secondary N) is 1. The fourth-order valence-electron chi connectivity index (χ4n) is 1.41. The van der Waals surface area contributed by atoms with Crippen molar-refractivity contribution in [1.29, 1.82) is 0 Å². The molecule has 1 aromatic carbocycles. The number of anilines is 1. The Kier molecular flexibility index (Phi) is 3.42. The van der Waals surface area contributed by atoms with Crippen LogP contribution in [0, 0.1) is 5.92 Å². The predicted octanol–water partition coefficient (Wildman–Crippen LogP) is 1.97. The molecule has 90 valence electrons. The molecule has 0 bridgehead atoms. The van der Waals surface area contributed by atoms with Gasteiger partial charge in [-0.2, -0.15) is 0 Å². The summed E-state index contributed by atoms with van der Waals surface area (Å²) in [6, 6.07) is 9.10. The molecule has 0 unspecified atom stereocenters. The fraction of sp³-hybridized carbons (Fsp3) is 0.385. The Hall–Kier alpha value is -1.84. The van der Waals surface area contributed by atoms with Crippen molar-refractivity contribution in [3.63, 3.8) is 0 Å². The van der Waals surface area contributed by atoms with E-state index in [0.717, 1.165) is 12.8 Å². The second-order valence-electron chi connectivity index (χ2n) is 4.21. The number of esters is 1. The fourth-order valence-corrected chi connectivity index (χ4v) is 1.41. The topological polar surface area (TPSA) is 55.4 Å². The van der Waals surface area contributed by atoms with Crippen LogP contribution >= 0.6 is 0 Å². The molecule has 0 saturated heterocycles. The van der Waals surface area contributed by atoms with Crippen LogP contribution in [0.4, 0.5) is 5.69 Å². The molecule has 1 atom stereocenters. The number of rotatable bonds is 4. The van der Waals surface area contributed by atoms with Crippen molar-refractivity contribution in [2.24, 2.45) is 5.92 Å². The summed E-state index contributed by atoms with van der Waals surface area (Å²) in [7, 11) is 0. The second-order valence-corrected chi connectivity index (χ2v) is 4.21. The molecule has 0 aromatic heterocycles. The molecular weight excluding hydrogens is 218 g/mol. The molecule has 0 radical (unpaired) electrons. The smallest absolute Gasteiger partial charge is 0.309 e. The first-order valence-electron chi connectivity index (χ1n) is 5.73. The maximum atomic E-state index is 11.7. The van der Waals surface area contributed by atoms with Crippen LogP contribution in [0.3, 0.4) is 0 Å². The molecule has 2 rings (SSSR count). The molecule has 0 aliphatic heterocycles. The highest BCUT2D eigenvalue weighted by molar-refractivity contribution is 5.95. The van der Waals surface area contributed by atoms with Gasteiger partial charge in [0.25, 0.3) is 5.91 Å². The molecule has 1 saturated carbocycles. The number of carbonyl (C=O) groups is 2. The van der Waals surface area contributed by atoms with Crippen molar-refractivity contribution < 1.29 is 14.3 Å². The molecule has 4 heteroatoms. The van der Waals surface area contributed by atoms with Crippen LogP contribution in [0.1, 0.15) is 19.8 Å². The van der Waals surface area contributed by atoms with E-state index >= 15 is 0 Å². The summed E-state index contributed by atoms with van der Waals surface area (Å²) in [5.41, 5.74) is 0.701. The van der Waals surface area contributed by atoms with Gasteiger partial charge in [-0.3, -0.25) is 9.59 Å². The van der Waals surface area contributed by atoms with Crippen LogP contribution in [0.5, 0.6) is 0 Å². The molecule has 1 aromatic rings. The summed E-state index contributed by atoms with van der Waals surface area (Å²) >= 11 is 0. The van der Waals surface area contributed by atoms with Gasteiger partial charge in [-0.15, -0.1) is 0 Å². The predicted molar refractivity (Wildman–Crippen MR) is 63.3 cm³/mol. The Morgan fingerprint density at radius 2 is 1.94 bits per heavy atom. The molecule has 1 aliphatic rings. The van der Waals surface area contributed by atoms with E-state index in [1.165, 1.54) is 0 Å². The van der Waals surface area contributed by atoms with Crippen molar-refractivity contribution in [1.82, 2.24) is 0 Å². The summed E-state index contributed by atoms with van der Waals surface area (Å²) < 4.78 is 5.06. The molecule has 1 fully saturated rings. The van der Waals surface area contributed by atoms with E-state index in [1.54, 1.807) is 19.1 Å². The van der Waals surface area contributed by atoms with Gasteiger partial charge < -0.3 is 10.1 Å². The summed E-state index contributed by atoms with van der Waals surface area (Å²) in [6.07, 6.45) is 1.01. The van der Waals surface area contributed by atoms with Crippen LogP contribution in [0.25, 0.3) is 0 Å². The molecule has 1 N–H and O–H groups in total. The number of carbonyl (C=O) groups excluding carboxylic acids is 2. The van der Waals surface area contributed by atoms with Crippen LogP contribution in [0.15, 0.2) is 30.3 Å². The number of amides is 1. The van der Waals surface area contributed by atoms with Crippen molar-refractivity contribution in [3.8, 4) is 0 Å². The molecule has 1 amide bonds. The normalized spacial score (nSPS) is 16.1. The third-order valence-corrected chi connectivity index (χ3v) is 2.61. The van der Waals surface area contributed by atoms with Crippen LogP contribution in [-0.4, -0.2) is 18.0 Å². The van der Waals surface area contributed by atoms with Gasteiger partial charge in [-0.05, 0) is 31.9 Å². The summed E-state index contributed by atoms with van der Waals surface area (Å²) in [5, 5.41) is 2.69. The highest BCUT2D eigenvalue weighted by Gasteiger charge is 2.33. The maximum Gasteiger partial charge on any atom is 0.309 e. The molecular formula is C13H15NO3. The van der Waals surface area contributed by atoms with Crippen molar-refractivity contribution in [3.05, 3.63) is 30.3 Å². The Morgan fingerprint density at radius 1 is 1.29 bits per heavy atom. The lowest BCUT2D eigenvalue weighted by molar-refractivity contribution is -0.154. The van der Waals surface area contributed by atoms with E-state index in [1.807, 2.05) is 18.2 Å². The number of ether oxygens (including phenoxy) is 1. The first-order valence-corrected chi connectivity index (χ1v) is 5.73. The zero-order valence-electron chi connectivity index (χ0n) is 9.68. The van der Waals surface area contributed by atoms with Gasteiger partial charge in [0.05, 0.1) is 5.92 Å². The molecule has 1 aliphatic carbocycles. The zero-order valence-corrected chi connectivity index (χ0v) is 9.68. The van der Waals surface area contributed by atoms with E-state index in [0.29, 0.717) is 5.69 Å². The lowest BCUT2D eigenvalue weighted by atomic mass is 10.3. The van der Waals surface area contributed by atoms with Crippen LogP contribution < -0.4 is 5.32 Å². The van der Waals surface area contributed by atoms with Gasteiger partial charge in [0.15, 0.2) is 6.10 Å². The third-order valence-electron chi connectivity index (χ3n) is 2.61. The average molecular weight is 233 g/mol. The largest absolute Gasteiger partial charge is 0.452 e. The Labute approximate surface area is 100.0 Å². The Balaban J connectivity index is 1.84. The molecule has 4 nitrogen and oxygen atoms in total. The van der Waals surface area contributed by atoms with Gasteiger partial charge in [0, 0.05) is 5.69 Å². The molecule has 0 spiro atoms. The van der Waals surface area contributed by atoms with Crippen LogP contribution in [0.2, 0.25) is 0 Å². The second kappa shape index (κ2) is 4.99. The minimum atomic E-state index is -0.747. The number of hydrogen-bond donors (Lipinski definition) is 1. The van der Waals surface area contributed by atoms with E-state index in [2.05, 4.69) is 5.32 Å². The van der Waals surface area contributed by atoms with Gasteiger partial charge in [0.2, 0.25) is 0 Å². The van der Waals surface area contributed by atoms with Crippen molar-refractivity contribution >= 4 is 17.6 Å². The monoisotopic (exact) mass is 233 g/mol. The van der Waals surface area contributed by atoms with Gasteiger partial charge in [-0.25, -0.2) is 0 Å². The van der Waals surface area contributed by atoms with Crippen molar-refractivity contribution in [2.75, 3.05) is 5.32 Å². The number of benzene rings is 1. The van der Waals surface area contributed by atoms with E-state index in [-0.39, 0.29) is 17.8 Å². The van der Waals surface area contributed by atoms with Gasteiger partial charge in [0.1, 0.15) is 0 Å². The van der Waals surface area contributed by atoms with E-state index in [9.17, 15) is 9.59 Å². The van der Waals surface area contributed by atoms with E-state index < -0.39 is 6.10 Å². The number of hydrogen-bond acceptors (Lipinski definition) is 3. The Bertz CT molecular complexity index is 412. The quantitative estimate of drug-likeness (QED) is 0.809. The Morgan fingerprint density at radius 3 is 2.53 bits per heavy atom. The highest BCUT2D eigenvalue weighted by Crippen LogP contribution is 2.30. The minimum Gasteiger partial charge on any atom is -0.452 e. The van der Waals surface area contributed by atoms with Crippen molar-refractivity contribution in [2.45, 2.75) is 25.9 Å². The lowest BCUT2D eigenvalue weighted by Gasteiger charge is -2.13. The summed E-state index contributed by atoms with van der Waals surface area (Å²) in [5.74, 6) is -0.548. The lowest BCUT2D eigenvalue weighted by Crippen LogP contribution is -2.30.